The van der Waals surface area contributed by atoms with Gasteiger partial charge in [-0.25, -0.2) is 4.98 Å². The fraction of sp³-hybridized carbons (Fsp3) is 0.188. The first kappa shape index (κ1) is 14.1. The predicted octanol–water partition coefficient (Wildman–Crippen LogP) is 3.72. The van der Waals surface area contributed by atoms with Crippen molar-refractivity contribution in [2.45, 2.75) is 6.92 Å². The summed E-state index contributed by atoms with van der Waals surface area (Å²) in [7, 11) is 3.15. The van der Waals surface area contributed by atoms with Crippen molar-refractivity contribution in [2.75, 3.05) is 14.2 Å². The Hall–Kier alpha value is -2.89. The van der Waals surface area contributed by atoms with E-state index in [4.69, 9.17) is 9.47 Å². The molecule has 1 aromatic carbocycles. The molecule has 0 fully saturated rings. The number of fused-ring (bicyclic) bond motifs is 1. The fourth-order valence-electron chi connectivity index (χ4n) is 2.50. The average Bonchev–Trinajstić information content (AvgIpc) is 2.94. The molecule has 0 amide bonds. The SMILES string of the molecule is COc1ccc(OC)c(-c2nc3cccc(C)n3c2N=O)c1. The van der Waals surface area contributed by atoms with Crippen molar-refractivity contribution in [3.05, 3.63) is 47.0 Å². The molecule has 6 heteroatoms. The first-order valence-corrected chi connectivity index (χ1v) is 6.73. The Labute approximate surface area is 127 Å². The second-order valence-electron chi connectivity index (χ2n) is 4.80. The molecular formula is C16H15N3O3. The molecule has 0 unspecified atom stereocenters. The van der Waals surface area contributed by atoms with Crippen LogP contribution in [0, 0.1) is 11.8 Å². The molecule has 0 atom stereocenters. The van der Waals surface area contributed by atoms with Gasteiger partial charge in [0, 0.05) is 11.3 Å². The second-order valence-corrected chi connectivity index (χ2v) is 4.80. The lowest BCUT2D eigenvalue weighted by Gasteiger charge is -2.08. The highest BCUT2D eigenvalue weighted by Crippen LogP contribution is 2.39. The molecule has 112 valence electrons. The van der Waals surface area contributed by atoms with Crippen molar-refractivity contribution in [3.8, 4) is 22.8 Å². The monoisotopic (exact) mass is 297 g/mol. The third kappa shape index (κ3) is 2.09. The quantitative estimate of drug-likeness (QED) is 0.688. The van der Waals surface area contributed by atoms with Gasteiger partial charge in [-0.05, 0) is 42.4 Å². The molecule has 0 aliphatic carbocycles. The molecule has 0 aliphatic rings. The van der Waals surface area contributed by atoms with Gasteiger partial charge in [-0.3, -0.25) is 4.40 Å². The van der Waals surface area contributed by atoms with Gasteiger partial charge in [-0.15, -0.1) is 4.91 Å². The number of hydrogen-bond acceptors (Lipinski definition) is 5. The topological polar surface area (TPSA) is 65.2 Å². The maximum atomic E-state index is 11.4. The molecule has 3 aromatic rings. The van der Waals surface area contributed by atoms with E-state index in [-0.39, 0.29) is 5.82 Å². The Bertz CT molecular complexity index is 855. The molecule has 0 saturated heterocycles. The summed E-state index contributed by atoms with van der Waals surface area (Å²) in [5, 5.41) is 3.18. The Morgan fingerprint density at radius 2 is 1.95 bits per heavy atom. The molecule has 2 aromatic heterocycles. The predicted molar refractivity (Wildman–Crippen MR) is 83.9 cm³/mol. The van der Waals surface area contributed by atoms with Crippen molar-refractivity contribution < 1.29 is 9.47 Å². The van der Waals surface area contributed by atoms with E-state index in [9.17, 15) is 4.91 Å². The van der Waals surface area contributed by atoms with Crippen LogP contribution in [0.4, 0.5) is 5.82 Å². The van der Waals surface area contributed by atoms with Crippen molar-refractivity contribution in [1.82, 2.24) is 9.38 Å². The summed E-state index contributed by atoms with van der Waals surface area (Å²) in [6.45, 7) is 1.90. The van der Waals surface area contributed by atoms with E-state index < -0.39 is 0 Å². The first-order chi connectivity index (χ1) is 10.7. The Morgan fingerprint density at radius 3 is 2.64 bits per heavy atom. The van der Waals surface area contributed by atoms with E-state index in [1.54, 1.807) is 36.8 Å². The Kier molecular flexibility index (Phi) is 3.50. The average molecular weight is 297 g/mol. The van der Waals surface area contributed by atoms with Crippen LogP contribution in [0.25, 0.3) is 16.9 Å². The third-order valence-corrected chi connectivity index (χ3v) is 3.56. The van der Waals surface area contributed by atoms with Gasteiger partial charge in [0.05, 0.1) is 14.2 Å². The number of aryl methyl sites for hydroxylation is 1. The molecule has 0 radical (unpaired) electrons. The zero-order valence-corrected chi connectivity index (χ0v) is 12.5. The van der Waals surface area contributed by atoms with Gasteiger partial charge in [0.1, 0.15) is 22.8 Å². The lowest BCUT2D eigenvalue weighted by atomic mass is 10.1. The molecule has 0 bridgehead atoms. The zero-order valence-electron chi connectivity index (χ0n) is 12.5. The van der Waals surface area contributed by atoms with Gasteiger partial charge in [0.15, 0.2) is 0 Å². The second kappa shape index (κ2) is 5.48. The zero-order chi connectivity index (χ0) is 15.7. The van der Waals surface area contributed by atoms with Crippen LogP contribution >= 0.6 is 0 Å². The van der Waals surface area contributed by atoms with Crippen molar-refractivity contribution in [3.63, 3.8) is 0 Å². The van der Waals surface area contributed by atoms with Crippen LogP contribution in [0.3, 0.4) is 0 Å². The number of nitrogens with zero attached hydrogens (tertiary/aromatic N) is 3. The number of rotatable bonds is 4. The van der Waals surface area contributed by atoms with E-state index in [1.165, 1.54) is 0 Å². The highest BCUT2D eigenvalue weighted by molar-refractivity contribution is 5.79. The summed E-state index contributed by atoms with van der Waals surface area (Å²) in [6.07, 6.45) is 0. The number of imidazole rings is 1. The van der Waals surface area contributed by atoms with Crippen LogP contribution < -0.4 is 9.47 Å². The van der Waals surface area contributed by atoms with Gasteiger partial charge >= 0.3 is 0 Å². The molecule has 6 nitrogen and oxygen atoms in total. The molecule has 0 N–H and O–H groups in total. The number of ether oxygens (including phenoxy) is 2. The van der Waals surface area contributed by atoms with E-state index in [1.807, 2.05) is 25.1 Å². The lowest BCUT2D eigenvalue weighted by Crippen LogP contribution is -1.91. The maximum Gasteiger partial charge on any atom is 0.210 e. The van der Waals surface area contributed by atoms with Crippen molar-refractivity contribution >= 4 is 11.5 Å². The highest BCUT2D eigenvalue weighted by Gasteiger charge is 2.19. The molecule has 0 aliphatic heterocycles. The van der Waals surface area contributed by atoms with Gasteiger partial charge in [0.25, 0.3) is 0 Å². The summed E-state index contributed by atoms with van der Waals surface area (Å²) < 4.78 is 12.3. The number of methoxy groups -OCH3 is 2. The van der Waals surface area contributed by atoms with Crippen molar-refractivity contribution in [2.24, 2.45) is 5.18 Å². The van der Waals surface area contributed by atoms with Gasteiger partial charge in [-0.1, -0.05) is 6.07 Å². The minimum Gasteiger partial charge on any atom is -0.497 e. The van der Waals surface area contributed by atoms with Crippen molar-refractivity contribution in [1.29, 1.82) is 0 Å². The van der Waals surface area contributed by atoms with Crippen LogP contribution in [0.15, 0.2) is 41.6 Å². The molecule has 3 rings (SSSR count). The van der Waals surface area contributed by atoms with Gasteiger partial charge < -0.3 is 9.47 Å². The lowest BCUT2D eigenvalue weighted by molar-refractivity contribution is 0.404. The first-order valence-electron chi connectivity index (χ1n) is 6.73. The van der Waals surface area contributed by atoms with E-state index >= 15 is 0 Å². The number of aromatic nitrogens is 2. The van der Waals surface area contributed by atoms with Crippen LogP contribution in [-0.2, 0) is 0 Å². The minimum atomic E-state index is 0.250. The summed E-state index contributed by atoms with van der Waals surface area (Å²) in [6, 6.07) is 11.0. The summed E-state index contributed by atoms with van der Waals surface area (Å²) >= 11 is 0. The van der Waals surface area contributed by atoms with Crippen LogP contribution in [-0.4, -0.2) is 23.6 Å². The van der Waals surface area contributed by atoms with Crippen LogP contribution in [0.1, 0.15) is 5.69 Å². The summed E-state index contributed by atoms with van der Waals surface area (Å²) in [5.74, 6) is 1.51. The number of nitroso groups, excluding NO2 is 1. The normalized spacial score (nSPS) is 10.7. The molecule has 22 heavy (non-hydrogen) atoms. The number of hydrogen-bond donors (Lipinski definition) is 0. The fourth-order valence-corrected chi connectivity index (χ4v) is 2.50. The Balaban J connectivity index is 2.35. The van der Waals surface area contributed by atoms with Crippen LogP contribution in [0.2, 0.25) is 0 Å². The van der Waals surface area contributed by atoms with Crippen LogP contribution in [0.5, 0.6) is 11.5 Å². The third-order valence-electron chi connectivity index (χ3n) is 3.56. The summed E-state index contributed by atoms with van der Waals surface area (Å²) in [5.41, 5.74) is 2.68. The molecule has 0 spiro atoms. The summed E-state index contributed by atoms with van der Waals surface area (Å²) in [4.78, 5) is 15.9. The van der Waals surface area contributed by atoms with E-state index in [2.05, 4.69) is 10.2 Å². The van der Waals surface area contributed by atoms with E-state index in [0.717, 1.165) is 5.69 Å². The molecule has 2 heterocycles. The largest absolute Gasteiger partial charge is 0.497 e. The number of pyridine rings is 1. The minimum absolute atomic E-state index is 0.250. The Morgan fingerprint density at radius 1 is 1.14 bits per heavy atom. The smallest absolute Gasteiger partial charge is 0.210 e. The standard InChI is InChI=1S/C16H15N3O3/c1-10-5-4-6-14-17-15(16(18-20)19(10)14)12-9-11(21-2)7-8-13(12)22-3/h4-9H,1-3H3. The van der Waals surface area contributed by atoms with Gasteiger partial charge in [0.2, 0.25) is 5.82 Å². The highest BCUT2D eigenvalue weighted by atomic mass is 16.5. The molecule has 0 saturated carbocycles. The van der Waals surface area contributed by atoms with E-state index in [0.29, 0.717) is 28.4 Å². The number of benzene rings is 1. The molecular weight excluding hydrogens is 282 g/mol. The van der Waals surface area contributed by atoms with Gasteiger partial charge in [-0.2, -0.15) is 0 Å². The maximum absolute atomic E-state index is 11.4.